The van der Waals surface area contributed by atoms with Crippen LogP contribution in [-0.4, -0.2) is 12.0 Å². The van der Waals surface area contributed by atoms with E-state index in [0.717, 1.165) is 39.5 Å². The van der Waals surface area contributed by atoms with E-state index in [9.17, 15) is 0 Å². The SMILES string of the molecule is CCc1ccc(C2=CC(c3ccc(OC)cc3)=CC(c3ccc(CC)cc3)=S2Cl)cc1. The molecule has 0 saturated heterocycles. The maximum Gasteiger partial charge on any atom is 0.118 e. The molecule has 0 spiro atoms. The summed E-state index contributed by atoms with van der Waals surface area (Å²) < 4.78 is 5.34. The largest absolute Gasteiger partial charge is 0.497 e. The first-order chi connectivity index (χ1) is 15.1. The fourth-order valence-electron chi connectivity index (χ4n) is 3.68. The van der Waals surface area contributed by atoms with Gasteiger partial charge in [0.25, 0.3) is 0 Å². The first-order valence-corrected chi connectivity index (χ1v) is 12.7. The van der Waals surface area contributed by atoms with Crippen LogP contribution < -0.4 is 4.74 Å². The lowest BCUT2D eigenvalue weighted by molar-refractivity contribution is 0.415. The first kappa shape index (κ1) is 21.7. The quantitative estimate of drug-likeness (QED) is 0.349. The molecule has 31 heavy (non-hydrogen) atoms. The van der Waals surface area contributed by atoms with Gasteiger partial charge in [-0.3, -0.25) is 0 Å². The van der Waals surface area contributed by atoms with E-state index in [1.807, 2.05) is 12.1 Å². The average molecular weight is 447 g/mol. The van der Waals surface area contributed by atoms with Gasteiger partial charge in [-0.1, -0.05) is 84.2 Å². The smallest absolute Gasteiger partial charge is 0.118 e. The number of halogens is 1. The predicted octanol–water partition coefficient (Wildman–Crippen LogP) is 7.90. The molecule has 3 aromatic rings. The van der Waals surface area contributed by atoms with Gasteiger partial charge < -0.3 is 4.74 Å². The van der Waals surface area contributed by atoms with E-state index >= 15 is 0 Å². The van der Waals surface area contributed by atoms with E-state index in [1.54, 1.807) is 7.11 Å². The summed E-state index contributed by atoms with van der Waals surface area (Å²) in [6, 6.07) is 25.8. The minimum absolute atomic E-state index is 0.536. The summed E-state index contributed by atoms with van der Waals surface area (Å²) in [4.78, 5) is 2.32. The lowest BCUT2D eigenvalue weighted by atomic mass is 9.99. The van der Waals surface area contributed by atoms with Gasteiger partial charge in [-0.05, 0) is 81.2 Å². The van der Waals surface area contributed by atoms with E-state index in [0.29, 0.717) is 0 Å². The Morgan fingerprint density at radius 3 is 1.71 bits per heavy atom. The molecule has 3 heteroatoms. The van der Waals surface area contributed by atoms with Crippen molar-refractivity contribution >= 4 is 35.7 Å². The maximum absolute atomic E-state index is 7.12. The van der Waals surface area contributed by atoms with Crippen molar-refractivity contribution in [3.05, 3.63) is 113 Å². The van der Waals surface area contributed by atoms with Crippen LogP contribution >= 0.6 is 20.4 Å². The molecule has 1 unspecified atom stereocenters. The van der Waals surface area contributed by atoms with Crippen molar-refractivity contribution in [2.24, 2.45) is 0 Å². The zero-order chi connectivity index (χ0) is 21.8. The first-order valence-electron chi connectivity index (χ1n) is 10.7. The molecule has 0 aromatic heterocycles. The van der Waals surface area contributed by atoms with Crippen LogP contribution in [0.25, 0.3) is 10.5 Å². The third-order valence-electron chi connectivity index (χ3n) is 5.68. The minimum atomic E-state index is -0.536. The van der Waals surface area contributed by atoms with Crippen molar-refractivity contribution in [1.82, 2.24) is 0 Å². The molecule has 158 valence electrons. The average Bonchev–Trinajstić information content (AvgIpc) is 2.84. The van der Waals surface area contributed by atoms with Crippen LogP contribution in [0.5, 0.6) is 5.75 Å². The fourth-order valence-corrected chi connectivity index (χ4v) is 5.86. The summed E-state index contributed by atoms with van der Waals surface area (Å²) in [5, 5.41) is 0. The van der Waals surface area contributed by atoms with Crippen LogP contribution in [0.1, 0.15) is 41.7 Å². The number of hydrogen-bond donors (Lipinski definition) is 0. The predicted molar refractivity (Wildman–Crippen MR) is 138 cm³/mol. The standard InChI is InChI=1S/C28H27ClOS/c1-4-20-6-10-23(11-7-20)27-18-25(22-14-16-26(30-3)17-15-22)19-28(31(27)29)24-12-8-21(5-2)9-13-24/h6-19H,4-5H2,1-3H3. The molecule has 0 bridgehead atoms. The highest BCUT2D eigenvalue weighted by molar-refractivity contribution is 8.42. The topological polar surface area (TPSA) is 9.23 Å². The molecule has 0 saturated carbocycles. The summed E-state index contributed by atoms with van der Waals surface area (Å²) in [6.07, 6.45) is 6.54. The third-order valence-corrected chi connectivity index (χ3v) is 8.15. The van der Waals surface area contributed by atoms with Crippen molar-refractivity contribution in [1.29, 1.82) is 0 Å². The van der Waals surface area contributed by atoms with Gasteiger partial charge in [0, 0.05) is 9.77 Å². The number of aryl methyl sites for hydroxylation is 2. The van der Waals surface area contributed by atoms with Crippen molar-refractivity contribution in [2.75, 3.05) is 7.11 Å². The van der Waals surface area contributed by atoms with Crippen molar-refractivity contribution in [3.63, 3.8) is 0 Å². The van der Waals surface area contributed by atoms with Crippen molar-refractivity contribution in [2.45, 2.75) is 26.7 Å². The van der Waals surface area contributed by atoms with Crippen molar-refractivity contribution in [3.8, 4) is 5.75 Å². The third kappa shape index (κ3) is 4.71. The number of methoxy groups -OCH3 is 1. The van der Waals surface area contributed by atoms with Gasteiger partial charge in [-0.15, -0.1) is 0 Å². The lowest BCUT2D eigenvalue weighted by Crippen LogP contribution is -2.03. The zero-order valence-corrected chi connectivity index (χ0v) is 19.8. The number of allylic oxidation sites excluding steroid dienone is 3. The molecule has 0 radical (unpaired) electrons. The number of ether oxygens (including phenoxy) is 1. The van der Waals surface area contributed by atoms with Gasteiger partial charge in [0.1, 0.15) is 5.75 Å². The monoisotopic (exact) mass is 446 g/mol. The number of rotatable bonds is 6. The highest BCUT2D eigenvalue weighted by Gasteiger charge is 2.18. The van der Waals surface area contributed by atoms with E-state index < -0.39 is 9.70 Å². The van der Waals surface area contributed by atoms with Gasteiger partial charge in [-0.25, -0.2) is 0 Å². The van der Waals surface area contributed by atoms with Crippen LogP contribution in [0.4, 0.5) is 0 Å². The van der Waals surface area contributed by atoms with Gasteiger partial charge >= 0.3 is 0 Å². The highest BCUT2D eigenvalue weighted by Crippen LogP contribution is 2.46. The van der Waals surface area contributed by atoms with Crippen molar-refractivity contribution < 1.29 is 4.74 Å². The molecular formula is C28H27ClOS. The Labute approximate surface area is 192 Å². The Bertz CT molecular complexity index is 1150. The summed E-state index contributed by atoms with van der Waals surface area (Å²) in [7, 11) is 8.28. The van der Waals surface area contributed by atoms with E-state index in [1.165, 1.54) is 22.3 Å². The van der Waals surface area contributed by atoms with E-state index in [-0.39, 0.29) is 0 Å². The van der Waals surface area contributed by atoms with Crippen LogP contribution in [0, 0.1) is 0 Å². The van der Waals surface area contributed by atoms with Gasteiger partial charge in [0.15, 0.2) is 0 Å². The van der Waals surface area contributed by atoms with Crippen LogP contribution in [-0.2, 0) is 12.8 Å². The lowest BCUT2D eigenvalue weighted by Gasteiger charge is -2.20. The number of hydrogen-bond acceptors (Lipinski definition) is 1. The summed E-state index contributed by atoms with van der Waals surface area (Å²) in [6.45, 7) is 4.36. The van der Waals surface area contributed by atoms with Crippen LogP contribution in [0.3, 0.4) is 0 Å². The molecule has 1 nitrogen and oxygen atoms in total. The Morgan fingerprint density at radius 2 is 1.19 bits per heavy atom. The second-order valence-electron chi connectivity index (χ2n) is 7.56. The van der Waals surface area contributed by atoms with Gasteiger partial charge in [-0.2, -0.15) is 0 Å². The molecule has 4 rings (SSSR count). The molecule has 1 aliphatic rings. The van der Waals surface area contributed by atoms with Gasteiger partial charge in [0.05, 0.1) is 7.11 Å². The zero-order valence-electron chi connectivity index (χ0n) is 18.2. The molecule has 1 atom stereocenters. The Morgan fingerprint density at radius 1 is 0.677 bits per heavy atom. The normalized spacial score (nSPS) is 16.0. The second-order valence-corrected chi connectivity index (χ2v) is 9.88. The molecule has 0 amide bonds. The highest BCUT2D eigenvalue weighted by atomic mass is 35.7. The fraction of sp³-hybridized carbons (Fsp3) is 0.179. The molecule has 1 aliphatic heterocycles. The number of benzene rings is 3. The Hall–Kier alpha value is -2.55. The summed E-state index contributed by atoms with van der Waals surface area (Å²) in [5.74, 6) is 0.857. The van der Waals surface area contributed by atoms with Gasteiger partial charge in [0.2, 0.25) is 0 Å². The minimum Gasteiger partial charge on any atom is -0.497 e. The molecule has 0 N–H and O–H groups in total. The summed E-state index contributed by atoms with van der Waals surface area (Å²) >= 11 is 0. The van der Waals surface area contributed by atoms with E-state index in [4.69, 9.17) is 15.4 Å². The van der Waals surface area contributed by atoms with Crippen LogP contribution in [0.2, 0.25) is 0 Å². The molecule has 1 heterocycles. The van der Waals surface area contributed by atoms with Crippen LogP contribution in [0.15, 0.2) is 84.9 Å². The maximum atomic E-state index is 7.12. The Kier molecular flexibility index (Phi) is 6.80. The molecule has 3 aromatic carbocycles. The molecule has 0 fully saturated rings. The van der Waals surface area contributed by atoms with E-state index in [2.05, 4.69) is 86.7 Å². The second kappa shape index (κ2) is 9.72. The summed E-state index contributed by atoms with van der Waals surface area (Å²) in [5.41, 5.74) is 7.34. The molecular weight excluding hydrogens is 420 g/mol. The Balaban J connectivity index is 1.84. The molecule has 0 aliphatic carbocycles.